The van der Waals surface area contributed by atoms with Gasteiger partial charge in [0.25, 0.3) is 5.78 Å². The summed E-state index contributed by atoms with van der Waals surface area (Å²) in [6.45, 7) is 3.38. The van der Waals surface area contributed by atoms with E-state index in [4.69, 9.17) is 0 Å². The van der Waals surface area contributed by atoms with E-state index in [2.05, 4.69) is 25.7 Å². The molecule has 2 heterocycles. The molecule has 3 rings (SSSR count). The van der Waals surface area contributed by atoms with E-state index in [9.17, 15) is 4.79 Å². The van der Waals surface area contributed by atoms with Gasteiger partial charge in [-0.15, -0.1) is 0 Å². The maximum Gasteiger partial charge on any atom is 0.254 e. The summed E-state index contributed by atoms with van der Waals surface area (Å²) in [5.74, 6) is 1.24. The molecule has 2 aromatic heterocycles. The van der Waals surface area contributed by atoms with Crippen LogP contribution in [0.3, 0.4) is 0 Å². The highest BCUT2D eigenvalue weighted by Gasteiger charge is 2.06. The monoisotopic (exact) mass is 282 g/mol. The van der Waals surface area contributed by atoms with E-state index in [1.54, 1.807) is 4.52 Å². The van der Waals surface area contributed by atoms with Gasteiger partial charge >= 0.3 is 0 Å². The van der Waals surface area contributed by atoms with Crippen LogP contribution < -0.4 is 10.6 Å². The molecule has 3 aromatic rings. The van der Waals surface area contributed by atoms with E-state index in [1.807, 2.05) is 37.3 Å². The molecule has 0 aliphatic carbocycles. The van der Waals surface area contributed by atoms with Crippen molar-refractivity contribution in [2.75, 3.05) is 10.6 Å². The smallest absolute Gasteiger partial charge is 0.254 e. The van der Waals surface area contributed by atoms with Gasteiger partial charge in [0.2, 0.25) is 5.91 Å². The van der Waals surface area contributed by atoms with Gasteiger partial charge in [0.15, 0.2) is 0 Å². The van der Waals surface area contributed by atoms with Crippen molar-refractivity contribution < 1.29 is 4.79 Å². The molecule has 7 heteroatoms. The van der Waals surface area contributed by atoms with Crippen molar-refractivity contribution in [2.45, 2.75) is 13.8 Å². The molecule has 0 aliphatic heterocycles. The number of benzene rings is 1. The first-order valence-electron chi connectivity index (χ1n) is 6.44. The maximum absolute atomic E-state index is 11.0. The molecule has 0 atom stereocenters. The Labute approximate surface area is 121 Å². The summed E-state index contributed by atoms with van der Waals surface area (Å²) in [6, 6.07) is 9.31. The van der Waals surface area contributed by atoms with E-state index >= 15 is 0 Å². The second-order valence-corrected chi connectivity index (χ2v) is 4.64. The average Bonchev–Trinajstić information content (AvgIpc) is 2.88. The van der Waals surface area contributed by atoms with Crippen LogP contribution in [0.15, 0.2) is 36.7 Å². The van der Waals surface area contributed by atoms with Crippen LogP contribution in [0, 0.1) is 6.92 Å². The third kappa shape index (κ3) is 2.81. The lowest BCUT2D eigenvalue weighted by molar-refractivity contribution is -0.114. The molecule has 7 nitrogen and oxygen atoms in total. The average molecular weight is 282 g/mol. The number of carbonyl (C=O) groups excluding carboxylic acids is 1. The number of carbonyl (C=O) groups is 1. The number of aryl methyl sites for hydroxylation is 1. The summed E-state index contributed by atoms with van der Waals surface area (Å²) >= 11 is 0. The zero-order chi connectivity index (χ0) is 14.8. The minimum absolute atomic E-state index is 0.0928. The number of hydrogen-bond donors (Lipinski definition) is 2. The van der Waals surface area contributed by atoms with Crippen LogP contribution in [0.4, 0.5) is 17.2 Å². The normalized spacial score (nSPS) is 10.6. The number of nitrogens with one attached hydrogen (secondary N) is 2. The lowest BCUT2D eigenvalue weighted by Gasteiger charge is -2.09. The summed E-state index contributed by atoms with van der Waals surface area (Å²) in [4.78, 5) is 19.4. The molecule has 1 amide bonds. The van der Waals surface area contributed by atoms with E-state index in [0.717, 1.165) is 22.9 Å². The van der Waals surface area contributed by atoms with Gasteiger partial charge in [-0.05, 0) is 31.2 Å². The highest BCUT2D eigenvalue weighted by molar-refractivity contribution is 5.88. The largest absolute Gasteiger partial charge is 0.340 e. The van der Waals surface area contributed by atoms with E-state index in [-0.39, 0.29) is 5.91 Å². The molecule has 1 aromatic carbocycles. The SMILES string of the molecule is CC(=O)Nc1ccc(Nc2cc(C)nc3ncnn23)cc1. The number of nitrogens with zero attached hydrogens (tertiary/aromatic N) is 4. The zero-order valence-electron chi connectivity index (χ0n) is 11.7. The van der Waals surface area contributed by atoms with Crippen molar-refractivity contribution in [3.05, 3.63) is 42.4 Å². The molecular formula is C14H14N6O. The number of fused-ring (bicyclic) bond motifs is 1. The molecule has 2 N–H and O–H groups in total. The molecular weight excluding hydrogens is 268 g/mol. The highest BCUT2D eigenvalue weighted by atomic mass is 16.1. The summed E-state index contributed by atoms with van der Waals surface area (Å²) in [7, 11) is 0. The van der Waals surface area contributed by atoms with E-state index < -0.39 is 0 Å². The van der Waals surface area contributed by atoms with Crippen LogP contribution in [0.25, 0.3) is 5.78 Å². The number of hydrogen-bond acceptors (Lipinski definition) is 5. The highest BCUT2D eigenvalue weighted by Crippen LogP contribution is 2.19. The molecule has 0 radical (unpaired) electrons. The van der Waals surface area contributed by atoms with Gasteiger partial charge in [-0.1, -0.05) is 0 Å². The van der Waals surface area contributed by atoms with Gasteiger partial charge in [0.1, 0.15) is 12.1 Å². The fourth-order valence-corrected chi connectivity index (χ4v) is 2.01. The van der Waals surface area contributed by atoms with Gasteiger partial charge in [-0.25, -0.2) is 4.98 Å². The van der Waals surface area contributed by atoms with Crippen molar-refractivity contribution in [1.82, 2.24) is 19.6 Å². The Kier molecular flexibility index (Phi) is 3.23. The van der Waals surface area contributed by atoms with Gasteiger partial charge in [0, 0.05) is 30.1 Å². The Hall–Kier alpha value is -2.96. The van der Waals surface area contributed by atoms with Crippen molar-refractivity contribution >= 4 is 28.9 Å². The second-order valence-electron chi connectivity index (χ2n) is 4.64. The predicted octanol–water partition coefficient (Wildman–Crippen LogP) is 2.13. The molecule has 0 bridgehead atoms. The summed E-state index contributed by atoms with van der Waals surface area (Å²) in [5, 5.41) is 10.1. The van der Waals surface area contributed by atoms with Crippen LogP contribution in [-0.2, 0) is 4.79 Å². The lowest BCUT2D eigenvalue weighted by atomic mass is 10.2. The number of aromatic nitrogens is 4. The van der Waals surface area contributed by atoms with Crippen LogP contribution in [-0.4, -0.2) is 25.5 Å². The minimum atomic E-state index is -0.0928. The Morgan fingerprint density at radius 1 is 1.19 bits per heavy atom. The Balaban J connectivity index is 1.88. The third-order valence-corrected chi connectivity index (χ3v) is 2.86. The van der Waals surface area contributed by atoms with Gasteiger partial charge < -0.3 is 10.6 Å². The third-order valence-electron chi connectivity index (χ3n) is 2.86. The Morgan fingerprint density at radius 2 is 1.90 bits per heavy atom. The van der Waals surface area contributed by atoms with Crippen LogP contribution in [0.1, 0.15) is 12.6 Å². The molecule has 21 heavy (non-hydrogen) atoms. The fraction of sp³-hybridized carbons (Fsp3) is 0.143. The lowest BCUT2D eigenvalue weighted by Crippen LogP contribution is -2.06. The quantitative estimate of drug-likeness (QED) is 0.768. The van der Waals surface area contributed by atoms with Gasteiger partial charge in [0.05, 0.1) is 0 Å². The summed E-state index contributed by atoms with van der Waals surface area (Å²) in [6.07, 6.45) is 1.47. The van der Waals surface area contributed by atoms with Crippen molar-refractivity contribution in [3.8, 4) is 0 Å². The second kappa shape index (κ2) is 5.20. The topological polar surface area (TPSA) is 84.2 Å². The molecule has 0 aliphatic rings. The predicted molar refractivity (Wildman–Crippen MR) is 79.5 cm³/mol. The maximum atomic E-state index is 11.0. The first kappa shape index (κ1) is 13.0. The van der Waals surface area contributed by atoms with Crippen LogP contribution in [0.2, 0.25) is 0 Å². The molecule has 0 saturated carbocycles. The summed E-state index contributed by atoms with van der Waals surface area (Å²) < 4.78 is 1.63. The standard InChI is InChI=1S/C14H14N6O/c1-9-7-13(20-14(17-9)15-8-16-20)19-12-5-3-11(4-6-12)18-10(2)21/h3-8,19H,1-2H3,(H,18,21). The van der Waals surface area contributed by atoms with E-state index in [0.29, 0.717) is 5.78 Å². The van der Waals surface area contributed by atoms with Crippen LogP contribution in [0.5, 0.6) is 0 Å². The van der Waals surface area contributed by atoms with Crippen molar-refractivity contribution in [2.24, 2.45) is 0 Å². The number of anilines is 3. The molecule has 0 spiro atoms. The zero-order valence-corrected chi connectivity index (χ0v) is 11.7. The van der Waals surface area contributed by atoms with E-state index in [1.165, 1.54) is 13.3 Å². The molecule has 0 saturated heterocycles. The van der Waals surface area contributed by atoms with Crippen LogP contribution >= 0.6 is 0 Å². The number of amides is 1. The van der Waals surface area contributed by atoms with Gasteiger partial charge in [-0.2, -0.15) is 14.6 Å². The Morgan fingerprint density at radius 3 is 2.62 bits per heavy atom. The van der Waals surface area contributed by atoms with Crippen molar-refractivity contribution in [1.29, 1.82) is 0 Å². The Bertz CT molecular complexity index is 793. The minimum Gasteiger partial charge on any atom is -0.340 e. The molecule has 0 fully saturated rings. The fourth-order valence-electron chi connectivity index (χ4n) is 2.01. The molecule has 106 valence electrons. The first-order valence-corrected chi connectivity index (χ1v) is 6.44. The van der Waals surface area contributed by atoms with Gasteiger partial charge in [-0.3, -0.25) is 4.79 Å². The molecule has 0 unspecified atom stereocenters. The summed E-state index contributed by atoms with van der Waals surface area (Å²) in [5.41, 5.74) is 2.49. The van der Waals surface area contributed by atoms with Crippen molar-refractivity contribution in [3.63, 3.8) is 0 Å². The number of rotatable bonds is 3. The first-order chi connectivity index (χ1) is 10.1.